The van der Waals surface area contributed by atoms with Crippen LogP contribution in [-0.2, 0) is 0 Å². The Balaban J connectivity index is 1.55. The number of rotatable bonds is 8. The van der Waals surface area contributed by atoms with E-state index in [0.29, 0.717) is 22.6 Å². The number of fused-ring (bicyclic) bond motifs is 1. The molecule has 2 aromatic heterocycles. The van der Waals surface area contributed by atoms with Gasteiger partial charge in [0, 0.05) is 29.8 Å². The molecule has 10 heteroatoms. The number of nitrogens with one attached hydrogen (secondary N) is 3. The van der Waals surface area contributed by atoms with Crippen molar-refractivity contribution in [2.45, 2.75) is 45.3 Å². The van der Waals surface area contributed by atoms with Gasteiger partial charge in [-0.05, 0) is 63.4 Å². The fourth-order valence-electron chi connectivity index (χ4n) is 3.97. The molecule has 0 radical (unpaired) electrons. The molecular formula is C27H28F2N6O2. The van der Waals surface area contributed by atoms with Crippen LogP contribution in [0.4, 0.5) is 26.0 Å². The van der Waals surface area contributed by atoms with E-state index >= 15 is 0 Å². The van der Waals surface area contributed by atoms with Crippen LogP contribution in [0.25, 0.3) is 16.9 Å². The Labute approximate surface area is 212 Å². The normalized spacial score (nSPS) is 13.6. The zero-order chi connectivity index (χ0) is 26.3. The predicted molar refractivity (Wildman–Crippen MR) is 138 cm³/mol. The SMILES string of the molecule is Cc1cc(-c2cnc3c(NCC(C)(C)O)cc(Nc4cccc(F)c4F)nn23)ccc1C(=O)NC1CC1. The third-order valence-corrected chi connectivity index (χ3v) is 6.07. The molecule has 5 rings (SSSR count). The van der Waals surface area contributed by atoms with Gasteiger partial charge in [0.15, 0.2) is 23.1 Å². The summed E-state index contributed by atoms with van der Waals surface area (Å²) in [7, 11) is 0. The van der Waals surface area contributed by atoms with E-state index in [0.717, 1.165) is 30.0 Å². The van der Waals surface area contributed by atoms with E-state index in [4.69, 9.17) is 0 Å². The maximum atomic E-state index is 14.4. The standard InChI is InChI=1S/C27H28F2N6O2/c1-15-11-16(7-10-18(15)26(36)32-17-8-9-17)22-13-30-25-21(31-14-27(2,3)37)12-23(34-35(22)25)33-20-6-4-5-19(28)24(20)29/h4-7,10-13,17,31,37H,8-9,14H2,1-3H3,(H,32,36)(H,33,34). The Kier molecular flexibility index (Phi) is 6.28. The first-order valence-corrected chi connectivity index (χ1v) is 12.1. The molecule has 37 heavy (non-hydrogen) atoms. The lowest BCUT2D eigenvalue weighted by molar-refractivity contribution is 0.0940. The Hall–Kier alpha value is -4.05. The van der Waals surface area contributed by atoms with E-state index in [1.165, 1.54) is 12.1 Å². The van der Waals surface area contributed by atoms with Crippen molar-refractivity contribution in [2.24, 2.45) is 0 Å². The first-order chi connectivity index (χ1) is 17.6. The number of benzene rings is 2. The number of hydrogen-bond acceptors (Lipinski definition) is 6. The fourth-order valence-corrected chi connectivity index (χ4v) is 3.97. The third kappa shape index (κ3) is 5.39. The summed E-state index contributed by atoms with van der Waals surface area (Å²) in [5, 5.41) is 23.8. The summed E-state index contributed by atoms with van der Waals surface area (Å²) in [6, 6.07) is 11.2. The van der Waals surface area contributed by atoms with Gasteiger partial charge in [0.1, 0.15) is 0 Å². The van der Waals surface area contributed by atoms with Gasteiger partial charge in [-0.15, -0.1) is 5.10 Å². The highest BCUT2D eigenvalue weighted by Crippen LogP contribution is 2.30. The van der Waals surface area contributed by atoms with Crippen molar-refractivity contribution in [1.29, 1.82) is 0 Å². The highest BCUT2D eigenvalue weighted by Gasteiger charge is 2.25. The third-order valence-electron chi connectivity index (χ3n) is 6.07. The van der Waals surface area contributed by atoms with Crippen molar-refractivity contribution in [3.8, 4) is 11.3 Å². The van der Waals surface area contributed by atoms with Gasteiger partial charge >= 0.3 is 0 Å². The second-order valence-corrected chi connectivity index (χ2v) is 9.99. The molecule has 1 amide bonds. The summed E-state index contributed by atoms with van der Waals surface area (Å²) < 4.78 is 29.7. The van der Waals surface area contributed by atoms with Gasteiger partial charge in [-0.2, -0.15) is 0 Å². The van der Waals surface area contributed by atoms with E-state index in [-0.39, 0.29) is 30.0 Å². The minimum absolute atomic E-state index is 0.0659. The molecule has 1 fully saturated rings. The number of nitrogens with zero attached hydrogens (tertiary/aromatic N) is 3. The van der Waals surface area contributed by atoms with Crippen molar-refractivity contribution in [3.63, 3.8) is 0 Å². The van der Waals surface area contributed by atoms with E-state index in [1.54, 1.807) is 36.7 Å². The Morgan fingerprint density at radius 3 is 2.65 bits per heavy atom. The summed E-state index contributed by atoms with van der Waals surface area (Å²) in [4.78, 5) is 17.1. The molecule has 0 saturated heterocycles. The van der Waals surface area contributed by atoms with Gasteiger partial charge in [-0.3, -0.25) is 4.79 Å². The lowest BCUT2D eigenvalue weighted by Gasteiger charge is -2.19. The Bertz CT molecular complexity index is 1490. The van der Waals surface area contributed by atoms with Crippen molar-refractivity contribution in [1.82, 2.24) is 19.9 Å². The first-order valence-electron chi connectivity index (χ1n) is 12.1. The fraction of sp³-hybridized carbons (Fsp3) is 0.296. The molecule has 2 heterocycles. The number of halogens is 2. The lowest BCUT2D eigenvalue weighted by Crippen LogP contribution is -2.29. The smallest absolute Gasteiger partial charge is 0.251 e. The summed E-state index contributed by atoms with van der Waals surface area (Å²) in [6.07, 6.45) is 3.68. The average molecular weight is 507 g/mol. The van der Waals surface area contributed by atoms with E-state index in [9.17, 15) is 18.7 Å². The molecule has 192 valence electrons. The number of amides is 1. The minimum atomic E-state index is -1.02. The van der Waals surface area contributed by atoms with Crippen molar-refractivity contribution >= 4 is 28.7 Å². The number of aromatic nitrogens is 3. The molecule has 4 aromatic rings. The summed E-state index contributed by atoms with van der Waals surface area (Å²) >= 11 is 0. The Morgan fingerprint density at radius 1 is 1.16 bits per heavy atom. The molecule has 0 aliphatic heterocycles. The van der Waals surface area contributed by atoms with Crippen LogP contribution in [-0.4, -0.2) is 43.8 Å². The summed E-state index contributed by atoms with van der Waals surface area (Å²) in [6.45, 7) is 5.42. The van der Waals surface area contributed by atoms with Crippen LogP contribution in [0.15, 0.2) is 48.7 Å². The number of carbonyl (C=O) groups excluding carboxylic acids is 1. The van der Waals surface area contributed by atoms with Gasteiger partial charge in [0.2, 0.25) is 0 Å². The number of aryl methyl sites for hydroxylation is 1. The van der Waals surface area contributed by atoms with E-state index in [1.807, 2.05) is 19.1 Å². The number of anilines is 3. The van der Waals surface area contributed by atoms with Crippen molar-refractivity contribution in [3.05, 3.63) is 71.4 Å². The molecule has 0 unspecified atom stereocenters. The van der Waals surface area contributed by atoms with Crippen molar-refractivity contribution < 1.29 is 18.7 Å². The van der Waals surface area contributed by atoms with Gasteiger partial charge in [0.25, 0.3) is 5.91 Å². The second-order valence-electron chi connectivity index (χ2n) is 9.99. The van der Waals surface area contributed by atoms with Crippen LogP contribution in [0.1, 0.15) is 42.6 Å². The minimum Gasteiger partial charge on any atom is -0.389 e. The van der Waals surface area contributed by atoms with Crippen LogP contribution < -0.4 is 16.0 Å². The average Bonchev–Trinajstić information content (AvgIpc) is 3.55. The molecule has 0 spiro atoms. The van der Waals surface area contributed by atoms with Crippen LogP contribution in [0.3, 0.4) is 0 Å². The molecule has 0 atom stereocenters. The largest absolute Gasteiger partial charge is 0.389 e. The zero-order valence-corrected chi connectivity index (χ0v) is 20.8. The highest BCUT2D eigenvalue weighted by atomic mass is 19.2. The molecule has 0 bridgehead atoms. The van der Waals surface area contributed by atoms with Gasteiger partial charge in [-0.25, -0.2) is 18.3 Å². The molecule has 4 N–H and O–H groups in total. The summed E-state index contributed by atoms with van der Waals surface area (Å²) in [5.74, 6) is -1.84. The Morgan fingerprint density at radius 2 is 1.95 bits per heavy atom. The molecule has 1 aliphatic rings. The predicted octanol–water partition coefficient (Wildman–Crippen LogP) is 4.80. The topological polar surface area (TPSA) is 104 Å². The summed E-state index contributed by atoms with van der Waals surface area (Å²) in [5.41, 5.74) is 2.79. The number of aliphatic hydroxyl groups is 1. The maximum Gasteiger partial charge on any atom is 0.251 e. The molecule has 2 aromatic carbocycles. The van der Waals surface area contributed by atoms with Crippen LogP contribution in [0, 0.1) is 18.6 Å². The van der Waals surface area contributed by atoms with Crippen LogP contribution in [0.2, 0.25) is 0 Å². The maximum absolute atomic E-state index is 14.4. The van der Waals surface area contributed by atoms with E-state index in [2.05, 4.69) is 26.0 Å². The second kappa shape index (κ2) is 9.44. The quantitative estimate of drug-likeness (QED) is 0.274. The van der Waals surface area contributed by atoms with Gasteiger partial charge < -0.3 is 21.1 Å². The van der Waals surface area contributed by atoms with Gasteiger partial charge in [-0.1, -0.05) is 12.1 Å². The number of imidazole rings is 1. The number of hydrogen-bond donors (Lipinski definition) is 4. The molecule has 1 saturated carbocycles. The number of carbonyl (C=O) groups is 1. The van der Waals surface area contributed by atoms with Crippen molar-refractivity contribution in [2.75, 3.05) is 17.2 Å². The van der Waals surface area contributed by atoms with Gasteiger partial charge in [0.05, 0.1) is 28.9 Å². The van der Waals surface area contributed by atoms with E-state index < -0.39 is 17.2 Å². The zero-order valence-electron chi connectivity index (χ0n) is 20.8. The molecular weight excluding hydrogens is 478 g/mol. The lowest BCUT2D eigenvalue weighted by atomic mass is 10.0. The van der Waals surface area contributed by atoms with Crippen LogP contribution >= 0.6 is 0 Å². The highest BCUT2D eigenvalue weighted by molar-refractivity contribution is 5.96. The van der Waals surface area contributed by atoms with Crippen LogP contribution in [0.5, 0.6) is 0 Å². The molecule has 1 aliphatic carbocycles. The first kappa shape index (κ1) is 24.6. The monoisotopic (exact) mass is 506 g/mol. The molecule has 8 nitrogen and oxygen atoms in total.